The van der Waals surface area contributed by atoms with Crippen molar-refractivity contribution in [2.24, 2.45) is 13.0 Å². The van der Waals surface area contributed by atoms with E-state index in [1.807, 2.05) is 12.4 Å². The molecule has 0 saturated carbocycles. The molecule has 2 aromatic heterocycles. The van der Waals surface area contributed by atoms with E-state index < -0.39 is 0 Å². The van der Waals surface area contributed by atoms with Crippen molar-refractivity contribution < 1.29 is 4.74 Å². The highest BCUT2D eigenvalue weighted by Crippen LogP contribution is 2.27. The second-order valence-corrected chi connectivity index (χ2v) is 6.60. The van der Waals surface area contributed by atoms with E-state index in [0.29, 0.717) is 12.0 Å². The standard InChI is InChI=1S/C16H23N3OS/c1-3-13-12(6-9-20-13)11-18-15(14-5-4-10-21-14)16-17-7-8-19(16)2/h4-5,7-8,10,12-13,15,18H,3,6,9,11H2,1-2H3. The maximum absolute atomic E-state index is 5.79. The number of aryl methyl sites for hydroxylation is 1. The molecule has 4 nitrogen and oxygen atoms in total. The van der Waals surface area contributed by atoms with Crippen LogP contribution in [0.25, 0.3) is 0 Å². The summed E-state index contributed by atoms with van der Waals surface area (Å²) in [5.41, 5.74) is 0. The van der Waals surface area contributed by atoms with Crippen LogP contribution in [0.1, 0.15) is 36.5 Å². The monoisotopic (exact) mass is 305 g/mol. The molecular formula is C16H23N3OS. The Morgan fingerprint density at radius 3 is 3.14 bits per heavy atom. The normalized spacial score (nSPS) is 23.5. The van der Waals surface area contributed by atoms with Gasteiger partial charge in [0, 0.05) is 37.5 Å². The van der Waals surface area contributed by atoms with Crippen LogP contribution in [0.5, 0.6) is 0 Å². The number of nitrogens with one attached hydrogen (secondary N) is 1. The molecule has 5 heteroatoms. The molecule has 0 spiro atoms. The van der Waals surface area contributed by atoms with Crippen molar-refractivity contribution in [3.8, 4) is 0 Å². The van der Waals surface area contributed by atoms with Crippen LogP contribution in [0, 0.1) is 5.92 Å². The van der Waals surface area contributed by atoms with Gasteiger partial charge < -0.3 is 14.6 Å². The maximum atomic E-state index is 5.79. The number of rotatable bonds is 6. The Morgan fingerprint density at radius 1 is 1.57 bits per heavy atom. The zero-order chi connectivity index (χ0) is 14.7. The van der Waals surface area contributed by atoms with Crippen LogP contribution in [0.2, 0.25) is 0 Å². The van der Waals surface area contributed by atoms with Gasteiger partial charge in [0.15, 0.2) is 0 Å². The van der Waals surface area contributed by atoms with E-state index in [0.717, 1.165) is 31.8 Å². The van der Waals surface area contributed by atoms with Crippen LogP contribution in [0.3, 0.4) is 0 Å². The lowest BCUT2D eigenvalue weighted by Crippen LogP contribution is -2.32. The number of hydrogen-bond acceptors (Lipinski definition) is 4. The molecule has 0 amide bonds. The number of aromatic nitrogens is 2. The fraction of sp³-hybridized carbons (Fsp3) is 0.562. The number of ether oxygens (including phenoxy) is 1. The lowest BCUT2D eigenvalue weighted by Gasteiger charge is -2.22. The van der Waals surface area contributed by atoms with Gasteiger partial charge in [0.1, 0.15) is 11.9 Å². The maximum Gasteiger partial charge on any atom is 0.131 e. The molecule has 0 radical (unpaired) electrons. The molecule has 1 N–H and O–H groups in total. The van der Waals surface area contributed by atoms with Gasteiger partial charge in [0.25, 0.3) is 0 Å². The fourth-order valence-corrected chi connectivity index (χ4v) is 3.87. The molecule has 114 valence electrons. The molecular weight excluding hydrogens is 282 g/mol. The Balaban J connectivity index is 1.73. The molecule has 3 unspecified atom stereocenters. The molecule has 3 heterocycles. The Morgan fingerprint density at radius 2 is 2.48 bits per heavy atom. The average Bonchev–Trinajstić information content (AvgIpc) is 3.21. The van der Waals surface area contributed by atoms with E-state index in [4.69, 9.17) is 4.74 Å². The van der Waals surface area contributed by atoms with Gasteiger partial charge in [-0.1, -0.05) is 13.0 Å². The molecule has 0 aliphatic carbocycles. The first kappa shape index (κ1) is 14.8. The molecule has 2 aromatic rings. The van der Waals surface area contributed by atoms with E-state index in [-0.39, 0.29) is 6.04 Å². The first-order valence-electron chi connectivity index (χ1n) is 7.65. The number of nitrogens with zero attached hydrogens (tertiary/aromatic N) is 2. The van der Waals surface area contributed by atoms with Gasteiger partial charge in [-0.25, -0.2) is 4.98 Å². The molecule has 3 rings (SSSR count). The molecule has 21 heavy (non-hydrogen) atoms. The first-order valence-corrected chi connectivity index (χ1v) is 8.53. The highest BCUT2D eigenvalue weighted by Gasteiger charge is 2.28. The molecule has 0 bridgehead atoms. The van der Waals surface area contributed by atoms with E-state index >= 15 is 0 Å². The van der Waals surface area contributed by atoms with Crippen LogP contribution in [-0.2, 0) is 11.8 Å². The van der Waals surface area contributed by atoms with Crippen molar-refractivity contribution in [1.82, 2.24) is 14.9 Å². The van der Waals surface area contributed by atoms with Crippen molar-refractivity contribution >= 4 is 11.3 Å². The van der Waals surface area contributed by atoms with E-state index in [9.17, 15) is 0 Å². The van der Waals surface area contributed by atoms with Crippen LogP contribution in [-0.4, -0.2) is 28.8 Å². The Kier molecular flexibility index (Phi) is 4.73. The summed E-state index contributed by atoms with van der Waals surface area (Å²) in [6, 6.07) is 4.45. The van der Waals surface area contributed by atoms with Gasteiger partial charge in [-0.15, -0.1) is 11.3 Å². The van der Waals surface area contributed by atoms with E-state index in [1.165, 1.54) is 4.88 Å². The topological polar surface area (TPSA) is 39.1 Å². The summed E-state index contributed by atoms with van der Waals surface area (Å²) in [6.07, 6.45) is 6.53. The summed E-state index contributed by atoms with van der Waals surface area (Å²) >= 11 is 1.78. The van der Waals surface area contributed by atoms with Gasteiger partial charge in [0.05, 0.1) is 6.10 Å². The van der Waals surface area contributed by atoms with Crippen molar-refractivity contribution in [2.45, 2.75) is 31.9 Å². The van der Waals surface area contributed by atoms with E-state index in [1.54, 1.807) is 11.3 Å². The van der Waals surface area contributed by atoms with Crippen molar-refractivity contribution in [3.63, 3.8) is 0 Å². The van der Waals surface area contributed by atoms with Gasteiger partial charge in [-0.2, -0.15) is 0 Å². The summed E-state index contributed by atoms with van der Waals surface area (Å²) in [5, 5.41) is 5.84. The molecule has 1 saturated heterocycles. The van der Waals surface area contributed by atoms with Gasteiger partial charge in [-0.05, 0) is 30.2 Å². The van der Waals surface area contributed by atoms with Crippen molar-refractivity contribution in [3.05, 3.63) is 40.6 Å². The highest BCUT2D eigenvalue weighted by atomic mass is 32.1. The molecule has 1 aliphatic rings. The Labute approximate surface area is 130 Å². The van der Waals surface area contributed by atoms with E-state index in [2.05, 4.69) is 46.4 Å². The second-order valence-electron chi connectivity index (χ2n) is 5.62. The van der Waals surface area contributed by atoms with Crippen molar-refractivity contribution in [1.29, 1.82) is 0 Å². The third kappa shape index (κ3) is 3.20. The minimum atomic E-state index is 0.170. The number of thiophene rings is 1. The average molecular weight is 305 g/mol. The predicted octanol–water partition coefficient (Wildman–Crippen LogP) is 2.98. The third-order valence-electron chi connectivity index (χ3n) is 4.28. The summed E-state index contributed by atoms with van der Waals surface area (Å²) in [7, 11) is 2.05. The third-order valence-corrected chi connectivity index (χ3v) is 5.21. The summed E-state index contributed by atoms with van der Waals surface area (Å²) in [5.74, 6) is 1.68. The van der Waals surface area contributed by atoms with Crippen molar-refractivity contribution in [2.75, 3.05) is 13.2 Å². The molecule has 1 fully saturated rings. The first-order chi connectivity index (χ1) is 10.3. The molecule has 0 aromatic carbocycles. The van der Waals surface area contributed by atoms with Crippen LogP contribution in [0.4, 0.5) is 0 Å². The van der Waals surface area contributed by atoms with Gasteiger partial charge >= 0.3 is 0 Å². The smallest absolute Gasteiger partial charge is 0.131 e. The summed E-state index contributed by atoms with van der Waals surface area (Å²) in [4.78, 5) is 5.85. The quantitative estimate of drug-likeness (QED) is 0.892. The minimum absolute atomic E-state index is 0.170. The van der Waals surface area contributed by atoms with Gasteiger partial charge in [-0.3, -0.25) is 0 Å². The summed E-state index contributed by atoms with van der Waals surface area (Å²) in [6.45, 7) is 4.09. The Hall–Kier alpha value is -1.17. The zero-order valence-corrected chi connectivity index (χ0v) is 13.5. The molecule has 3 atom stereocenters. The lowest BCUT2D eigenvalue weighted by molar-refractivity contribution is 0.0868. The summed E-state index contributed by atoms with van der Waals surface area (Å²) < 4.78 is 7.89. The SMILES string of the molecule is CCC1OCCC1CNC(c1cccs1)c1nccn1C. The predicted molar refractivity (Wildman–Crippen MR) is 85.5 cm³/mol. The van der Waals surface area contributed by atoms with Crippen LogP contribution < -0.4 is 5.32 Å². The lowest BCUT2D eigenvalue weighted by atomic mass is 9.99. The fourth-order valence-electron chi connectivity index (χ4n) is 3.08. The highest BCUT2D eigenvalue weighted by molar-refractivity contribution is 7.10. The minimum Gasteiger partial charge on any atom is -0.378 e. The second kappa shape index (κ2) is 6.73. The number of hydrogen-bond donors (Lipinski definition) is 1. The molecule has 1 aliphatic heterocycles. The Bertz CT molecular complexity index is 552. The van der Waals surface area contributed by atoms with Gasteiger partial charge in [0.2, 0.25) is 0 Å². The zero-order valence-electron chi connectivity index (χ0n) is 12.7. The number of imidazole rings is 1. The van der Waals surface area contributed by atoms with Crippen LogP contribution in [0.15, 0.2) is 29.9 Å². The van der Waals surface area contributed by atoms with Crippen LogP contribution >= 0.6 is 11.3 Å². The largest absolute Gasteiger partial charge is 0.378 e.